The first-order chi connectivity index (χ1) is 11.7. The number of anilines is 2. The molecule has 0 unspecified atom stereocenters. The monoisotopic (exact) mass is 394 g/mol. The van der Waals surface area contributed by atoms with Crippen molar-refractivity contribution in [3.05, 3.63) is 69.0 Å². The van der Waals surface area contributed by atoms with Gasteiger partial charge in [-0.05, 0) is 0 Å². The molecule has 0 fully saturated rings. The van der Waals surface area contributed by atoms with Crippen molar-refractivity contribution < 1.29 is 0 Å². The van der Waals surface area contributed by atoms with E-state index in [4.69, 9.17) is 0 Å². The molecule has 1 heterocycles. The second kappa shape index (κ2) is 6.56. The van der Waals surface area contributed by atoms with Crippen LogP contribution in [0.4, 0.5) is 11.4 Å². The van der Waals surface area contributed by atoms with Crippen molar-refractivity contribution in [3.8, 4) is 0 Å². The Morgan fingerprint density at radius 1 is 0.520 bits per heavy atom. The van der Waals surface area contributed by atoms with Gasteiger partial charge in [0.1, 0.15) is 0 Å². The van der Waals surface area contributed by atoms with Crippen LogP contribution in [0.15, 0.2) is 35.7 Å². The van der Waals surface area contributed by atoms with Crippen molar-refractivity contribution in [1.82, 2.24) is 0 Å². The molecule has 0 bridgehead atoms. The van der Waals surface area contributed by atoms with E-state index >= 15 is 0 Å². The Morgan fingerprint density at radius 3 is 1.08 bits per heavy atom. The van der Waals surface area contributed by atoms with Gasteiger partial charge in [-0.1, -0.05) is 0 Å². The summed E-state index contributed by atoms with van der Waals surface area (Å²) in [6.45, 7) is 17.9. The molecular weight excluding hydrogens is 365 g/mol. The first-order valence-electron chi connectivity index (χ1n) is 8.90. The summed E-state index contributed by atoms with van der Waals surface area (Å²) in [5.74, 6) is 0. The summed E-state index contributed by atoms with van der Waals surface area (Å²) in [6.07, 6.45) is 0. The van der Waals surface area contributed by atoms with Gasteiger partial charge in [-0.3, -0.25) is 0 Å². The molecule has 2 nitrogen and oxygen atoms in total. The number of nitrogens with zero attached hydrogens (tertiary/aromatic N) is 2. The fourth-order valence-electron chi connectivity index (χ4n) is 4.06. The van der Waals surface area contributed by atoms with Gasteiger partial charge in [0.05, 0.1) is 0 Å². The standard InChI is InChI=1S/C22H28GeN2/c1-13-9-15(3)21(16(4)10-13)24-19(7)20(8)25(23-24)22-17(5)11-14(2)12-18(22)6/h9-12H,1-8H3. The van der Waals surface area contributed by atoms with Crippen molar-refractivity contribution in [1.29, 1.82) is 0 Å². The number of allylic oxidation sites excluding steroid dienone is 2. The normalized spacial score (nSPS) is 14.7. The summed E-state index contributed by atoms with van der Waals surface area (Å²) < 4.78 is 5.19. The molecule has 25 heavy (non-hydrogen) atoms. The molecule has 2 aromatic rings. The average Bonchev–Trinajstić information content (AvgIpc) is 2.74. The summed E-state index contributed by atoms with van der Waals surface area (Å²) in [4.78, 5) is 0. The molecule has 0 saturated carbocycles. The Hall–Kier alpha value is -1.68. The van der Waals surface area contributed by atoms with Crippen molar-refractivity contribution in [2.24, 2.45) is 0 Å². The van der Waals surface area contributed by atoms with Crippen LogP contribution in [0.2, 0.25) is 0 Å². The van der Waals surface area contributed by atoms with Gasteiger partial charge in [-0.15, -0.1) is 0 Å². The van der Waals surface area contributed by atoms with Crippen molar-refractivity contribution in [3.63, 3.8) is 0 Å². The number of rotatable bonds is 2. The third kappa shape index (κ3) is 3.12. The van der Waals surface area contributed by atoms with Gasteiger partial charge in [0.25, 0.3) is 0 Å². The molecule has 0 saturated heterocycles. The quantitative estimate of drug-likeness (QED) is 0.609. The summed E-state index contributed by atoms with van der Waals surface area (Å²) >= 11 is -0.486. The van der Waals surface area contributed by atoms with Crippen LogP contribution >= 0.6 is 0 Å². The Balaban J connectivity index is 2.08. The van der Waals surface area contributed by atoms with Gasteiger partial charge >= 0.3 is 159 Å². The SMILES string of the molecule is CC1=C(C)[N](c2c(C)cc(C)cc2C)[Ge][N]1c1c(C)cc(C)cc1C. The molecule has 0 spiro atoms. The van der Waals surface area contributed by atoms with Crippen LogP contribution in [0.25, 0.3) is 0 Å². The molecule has 1 aliphatic heterocycles. The van der Waals surface area contributed by atoms with Crippen molar-refractivity contribution in [2.45, 2.75) is 55.4 Å². The Kier molecular flexibility index (Phi) is 4.76. The molecular formula is C22H28GeN2. The number of hydrogen-bond acceptors (Lipinski definition) is 2. The van der Waals surface area contributed by atoms with Gasteiger partial charge in [-0.25, -0.2) is 0 Å². The molecule has 3 heteroatoms. The number of aryl methyl sites for hydroxylation is 6. The minimum atomic E-state index is -0.486. The second-order valence-corrected chi connectivity index (χ2v) is 9.73. The molecule has 3 rings (SSSR count). The maximum absolute atomic E-state index is 2.60. The van der Waals surface area contributed by atoms with Gasteiger partial charge in [-0.2, -0.15) is 0 Å². The Morgan fingerprint density at radius 2 is 0.800 bits per heavy atom. The summed E-state index contributed by atoms with van der Waals surface area (Å²) in [7, 11) is 0. The molecule has 2 radical (unpaired) electrons. The van der Waals surface area contributed by atoms with E-state index in [9.17, 15) is 0 Å². The zero-order chi connectivity index (χ0) is 18.5. The van der Waals surface area contributed by atoms with E-state index < -0.39 is 15.9 Å². The molecule has 0 aromatic heterocycles. The van der Waals surface area contributed by atoms with E-state index in [0.717, 1.165) is 0 Å². The van der Waals surface area contributed by atoms with E-state index in [0.29, 0.717) is 0 Å². The minimum absolute atomic E-state index is 0.486. The van der Waals surface area contributed by atoms with Crippen LogP contribution in [0.3, 0.4) is 0 Å². The van der Waals surface area contributed by atoms with Crippen molar-refractivity contribution >= 4 is 27.3 Å². The number of benzene rings is 2. The van der Waals surface area contributed by atoms with Crippen LogP contribution < -0.4 is 7.71 Å². The molecule has 0 aliphatic carbocycles. The van der Waals surface area contributed by atoms with Crippen LogP contribution in [-0.2, 0) is 0 Å². The predicted octanol–water partition coefficient (Wildman–Crippen LogP) is 5.65. The zero-order valence-corrected chi connectivity index (χ0v) is 18.8. The van der Waals surface area contributed by atoms with E-state index in [1.54, 1.807) is 0 Å². The van der Waals surface area contributed by atoms with Crippen LogP contribution in [0, 0.1) is 41.5 Å². The summed E-state index contributed by atoms with van der Waals surface area (Å²) in [6, 6.07) is 9.23. The molecule has 0 amide bonds. The first kappa shape index (κ1) is 18.1. The third-order valence-corrected chi connectivity index (χ3v) is 8.30. The van der Waals surface area contributed by atoms with Gasteiger partial charge in [0.15, 0.2) is 0 Å². The Bertz CT molecular complexity index is 762. The van der Waals surface area contributed by atoms with E-state index in [-0.39, 0.29) is 0 Å². The van der Waals surface area contributed by atoms with Gasteiger partial charge in [0, 0.05) is 0 Å². The Labute approximate surface area is 159 Å². The summed E-state index contributed by atoms with van der Waals surface area (Å²) in [5.41, 5.74) is 13.8. The van der Waals surface area contributed by atoms with Crippen LogP contribution in [0.1, 0.15) is 47.2 Å². The topological polar surface area (TPSA) is 6.48 Å². The number of hydrogen-bond donors (Lipinski definition) is 0. The van der Waals surface area contributed by atoms with Gasteiger partial charge in [0.2, 0.25) is 0 Å². The van der Waals surface area contributed by atoms with Gasteiger partial charge < -0.3 is 0 Å². The molecule has 2 aromatic carbocycles. The summed E-state index contributed by atoms with van der Waals surface area (Å²) in [5, 5.41) is 0. The molecule has 130 valence electrons. The average molecular weight is 393 g/mol. The fraction of sp³-hybridized carbons (Fsp3) is 0.364. The van der Waals surface area contributed by atoms with Crippen LogP contribution in [-0.4, -0.2) is 15.9 Å². The van der Waals surface area contributed by atoms with Crippen LogP contribution in [0.5, 0.6) is 0 Å². The van der Waals surface area contributed by atoms with E-state index in [2.05, 4.69) is 87.4 Å². The molecule has 1 aliphatic rings. The second-order valence-electron chi connectivity index (χ2n) is 7.44. The first-order valence-corrected chi connectivity index (χ1v) is 10.8. The molecule has 0 atom stereocenters. The molecule has 0 N–H and O–H groups in total. The zero-order valence-electron chi connectivity index (χ0n) is 16.7. The predicted molar refractivity (Wildman–Crippen MR) is 110 cm³/mol. The third-order valence-electron chi connectivity index (χ3n) is 5.11. The van der Waals surface area contributed by atoms with E-state index in [1.807, 2.05) is 0 Å². The van der Waals surface area contributed by atoms with E-state index in [1.165, 1.54) is 56.1 Å². The fourth-order valence-corrected chi connectivity index (χ4v) is 7.69. The van der Waals surface area contributed by atoms with Crippen molar-refractivity contribution in [2.75, 3.05) is 7.71 Å². The maximum atomic E-state index is 2.60.